The Labute approximate surface area is 156 Å². The van der Waals surface area contributed by atoms with Crippen LogP contribution in [0.5, 0.6) is 0 Å². The number of rotatable bonds is 5. The number of nitro groups is 1. The molecule has 0 unspecified atom stereocenters. The summed E-state index contributed by atoms with van der Waals surface area (Å²) < 4.78 is 5.65. The van der Waals surface area contributed by atoms with Gasteiger partial charge in [-0.3, -0.25) is 14.9 Å². The van der Waals surface area contributed by atoms with E-state index in [0.29, 0.717) is 23.0 Å². The van der Waals surface area contributed by atoms with E-state index in [2.05, 4.69) is 17.5 Å². The van der Waals surface area contributed by atoms with Crippen molar-refractivity contribution in [1.29, 1.82) is 0 Å². The van der Waals surface area contributed by atoms with Crippen molar-refractivity contribution in [3.63, 3.8) is 0 Å². The van der Waals surface area contributed by atoms with Gasteiger partial charge < -0.3 is 4.42 Å². The number of carbonyl (C=O) groups excluding carboxylic acids is 1. The normalized spacial score (nSPS) is 26.6. The molecule has 2 aliphatic carbocycles. The molecule has 7 heteroatoms. The summed E-state index contributed by atoms with van der Waals surface area (Å²) in [6.07, 6.45) is 6.10. The maximum atomic E-state index is 12.4. The maximum Gasteiger partial charge on any atom is 0.270 e. The van der Waals surface area contributed by atoms with E-state index in [1.54, 1.807) is 24.3 Å². The Morgan fingerprint density at radius 2 is 2.22 bits per heavy atom. The second kappa shape index (κ2) is 6.64. The van der Waals surface area contributed by atoms with Gasteiger partial charge in [0.05, 0.1) is 11.1 Å². The topological polar surface area (TPSA) is 97.7 Å². The largest absolute Gasteiger partial charge is 0.455 e. The lowest BCUT2D eigenvalue weighted by molar-refractivity contribution is -0.384. The van der Waals surface area contributed by atoms with Crippen molar-refractivity contribution in [3.8, 4) is 11.3 Å². The van der Waals surface area contributed by atoms with Gasteiger partial charge in [-0.05, 0) is 36.3 Å². The van der Waals surface area contributed by atoms with Crippen LogP contribution >= 0.6 is 0 Å². The maximum absolute atomic E-state index is 12.4. The Morgan fingerprint density at radius 3 is 2.96 bits per heavy atom. The SMILES string of the molecule is C[C@]12CCCC[C@@H]1[C@@H]2C(=O)N/N=C/c1ccc(-c2cccc([N+](=O)[O-])c2)o1. The number of hydrogen-bond donors (Lipinski definition) is 1. The molecular weight excluding hydrogens is 346 g/mol. The van der Waals surface area contributed by atoms with Gasteiger partial charge in [0.15, 0.2) is 0 Å². The first kappa shape index (κ1) is 17.5. The lowest BCUT2D eigenvalue weighted by Crippen LogP contribution is -2.22. The minimum atomic E-state index is -0.444. The highest BCUT2D eigenvalue weighted by Crippen LogP contribution is 2.66. The third-order valence-electron chi connectivity index (χ3n) is 5.95. The average molecular weight is 367 g/mol. The van der Waals surface area contributed by atoms with Gasteiger partial charge in [0.25, 0.3) is 5.69 Å². The summed E-state index contributed by atoms with van der Waals surface area (Å²) >= 11 is 0. The van der Waals surface area contributed by atoms with Gasteiger partial charge in [-0.1, -0.05) is 31.9 Å². The highest BCUT2D eigenvalue weighted by atomic mass is 16.6. The summed E-state index contributed by atoms with van der Waals surface area (Å²) in [4.78, 5) is 22.8. The summed E-state index contributed by atoms with van der Waals surface area (Å²) in [5.41, 5.74) is 3.40. The zero-order chi connectivity index (χ0) is 19.0. The van der Waals surface area contributed by atoms with Crippen molar-refractivity contribution in [2.45, 2.75) is 32.6 Å². The molecule has 0 radical (unpaired) electrons. The predicted octanol–water partition coefficient (Wildman–Crippen LogP) is 4.13. The van der Waals surface area contributed by atoms with Gasteiger partial charge >= 0.3 is 0 Å². The number of hydrogen-bond acceptors (Lipinski definition) is 5. The summed E-state index contributed by atoms with van der Waals surface area (Å²) in [5.74, 6) is 1.51. The van der Waals surface area contributed by atoms with Gasteiger partial charge in [-0.15, -0.1) is 0 Å². The molecule has 1 aromatic carbocycles. The van der Waals surface area contributed by atoms with Crippen molar-refractivity contribution in [2.24, 2.45) is 22.4 Å². The van der Waals surface area contributed by atoms with Crippen LogP contribution < -0.4 is 5.43 Å². The number of nitro benzene ring substituents is 1. The van der Waals surface area contributed by atoms with Crippen LogP contribution in [0.25, 0.3) is 11.3 Å². The molecule has 1 aromatic heterocycles. The second-order valence-electron chi connectivity index (χ2n) is 7.58. The fourth-order valence-corrected chi connectivity index (χ4v) is 4.43. The Morgan fingerprint density at radius 1 is 1.37 bits per heavy atom. The van der Waals surface area contributed by atoms with E-state index in [-0.39, 0.29) is 22.9 Å². The Kier molecular flexibility index (Phi) is 4.30. The molecule has 0 bridgehead atoms. The fraction of sp³-hybridized carbons (Fsp3) is 0.400. The van der Waals surface area contributed by atoms with E-state index in [9.17, 15) is 14.9 Å². The van der Waals surface area contributed by atoms with Crippen LogP contribution in [0.15, 0.2) is 45.9 Å². The monoisotopic (exact) mass is 367 g/mol. The molecule has 0 saturated heterocycles. The Bertz CT molecular complexity index is 919. The number of nitrogens with zero attached hydrogens (tertiary/aromatic N) is 2. The van der Waals surface area contributed by atoms with Gasteiger partial charge in [0.2, 0.25) is 5.91 Å². The van der Waals surface area contributed by atoms with E-state index >= 15 is 0 Å². The zero-order valence-corrected chi connectivity index (χ0v) is 15.1. The average Bonchev–Trinajstić information content (AvgIpc) is 3.03. The Hall–Kier alpha value is -2.96. The van der Waals surface area contributed by atoms with Gasteiger partial charge in [-0.25, -0.2) is 5.43 Å². The molecular formula is C20H21N3O4. The first-order valence-electron chi connectivity index (χ1n) is 9.16. The lowest BCUT2D eigenvalue weighted by atomic mass is 9.90. The molecule has 4 rings (SSSR count). The molecule has 2 saturated carbocycles. The quantitative estimate of drug-likeness (QED) is 0.488. The molecule has 2 aromatic rings. The number of hydrazone groups is 1. The molecule has 7 nitrogen and oxygen atoms in total. The van der Waals surface area contributed by atoms with Crippen LogP contribution in [-0.4, -0.2) is 17.0 Å². The number of nitrogens with one attached hydrogen (secondary N) is 1. The van der Waals surface area contributed by atoms with Crippen molar-refractivity contribution >= 4 is 17.8 Å². The minimum Gasteiger partial charge on any atom is -0.455 e. The highest BCUT2D eigenvalue weighted by molar-refractivity contribution is 5.85. The van der Waals surface area contributed by atoms with Crippen LogP contribution in [0, 0.1) is 27.4 Å². The van der Waals surface area contributed by atoms with E-state index in [0.717, 1.165) is 12.8 Å². The second-order valence-corrected chi connectivity index (χ2v) is 7.58. The van der Waals surface area contributed by atoms with Crippen LogP contribution in [-0.2, 0) is 4.79 Å². The number of non-ortho nitro benzene ring substituents is 1. The van der Waals surface area contributed by atoms with Crippen LogP contribution in [0.3, 0.4) is 0 Å². The lowest BCUT2D eigenvalue weighted by Gasteiger charge is -2.15. The molecule has 1 amide bonds. The molecule has 2 aliphatic rings. The Balaban J connectivity index is 1.39. The first-order chi connectivity index (χ1) is 13.0. The van der Waals surface area contributed by atoms with Crippen LogP contribution in [0.2, 0.25) is 0 Å². The number of benzene rings is 1. The highest BCUT2D eigenvalue weighted by Gasteiger charge is 2.64. The smallest absolute Gasteiger partial charge is 0.270 e. The molecule has 0 spiro atoms. The molecule has 3 atom stereocenters. The minimum absolute atomic E-state index is 0.00535. The van der Waals surface area contributed by atoms with Crippen molar-refractivity contribution in [2.75, 3.05) is 0 Å². The van der Waals surface area contributed by atoms with Crippen LogP contribution in [0.1, 0.15) is 38.4 Å². The number of furan rings is 1. The summed E-state index contributed by atoms with van der Waals surface area (Å²) in [7, 11) is 0. The van der Waals surface area contributed by atoms with Gasteiger partial charge in [-0.2, -0.15) is 5.10 Å². The van der Waals surface area contributed by atoms with Crippen LogP contribution in [0.4, 0.5) is 5.69 Å². The summed E-state index contributed by atoms with van der Waals surface area (Å²) in [6, 6.07) is 9.67. The number of amides is 1. The van der Waals surface area contributed by atoms with Gasteiger partial charge in [0, 0.05) is 23.6 Å². The number of fused-ring (bicyclic) bond motifs is 1. The third-order valence-corrected chi connectivity index (χ3v) is 5.95. The summed E-state index contributed by atoms with van der Waals surface area (Å²) in [5, 5.41) is 14.9. The standard InChI is InChI=1S/C20H21N3O4/c1-20-10-3-2-7-16(20)18(20)19(24)22-21-12-15-8-9-17(27-15)13-5-4-6-14(11-13)23(25)26/h4-6,8-9,11-12,16,18H,2-3,7,10H2,1H3,(H,22,24)/b21-12+/t16-,18-,20+/m1/s1. The third kappa shape index (κ3) is 3.25. The summed E-state index contributed by atoms with van der Waals surface area (Å²) in [6.45, 7) is 2.20. The molecule has 0 aliphatic heterocycles. The molecule has 27 heavy (non-hydrogen) atoms. The van der Waals surface area contributed by atoms with Crippen molar-refractivity contribution in [1.82, 2.24) is 5.43 Å². The van der Waals surface area contributed by atoms with E-state index in [1.165, 1.54) is 31.2 Å². The fourth-order valence-electron chi connectivity index (χ4n) is 4.43. The molecule has 140 valence electrons. The van der Waals surface area contributed by atoms with Crippen molar-refractivity contribution in [3.05, 3.63) is 52.3 Å². The van der Waals surface area contributed by atoms with Crippen molar-refractivity contribution < 1.29 is 14.1 Å². The zero-order valence-electron chi connectivity index (χ0n) is 15.1. The van der Waals surface area contributed by atoms with E-state index in [1.807, 2.05) is 0 Å². The molecule has 1 N–H and O–H groups in total. The molecule has 2 fully saturated rings. The van der Waals surface area contributed by atoms with E-state index in [4.69, 9.17) is 4.42 Å². The van der Waals surface area contributed by atoms with E-state index < -0.39 is 4.92 Å². The molecule has 1 heterocycles. The number of carbonyl (C=O) groups is 1. The van der Waals surface area contributed by atoms with Gasteiger partial charge in [0.1, 0.15) is 11.5 Å². The predicted molar refractivity (Wildman–Crippen MR) is 100 cm³/mol. The first-order valence-corrected chi connectivity index (χ1v) is 9.16.